The number of nitrogens with zero attached hydrogens (tertiary/aromatic N) is 4. The van der Waals surface area contributed by atoms with Crippen LogP contribution in [0.15, 0.2) is 52.1 Å². The van der Waals surface area contributed by atoms with E-state index in [1.54, 1.807) is 12.1 Å². The van der Waals surface area contributed by atoms with Crippen molar-refractivity contribution in [3.8, 4) is 0 Å². The number of fused-ring (bicyclic) bond motifs is 2. The maximum Gasteiger partial charge on any atom is 0.181 e. The van der Waals surface area contributed by atoms with Crippen molar-refractivity contribution in [2.45, 2.75) is 38.5 Å². The Balaban J connectivity index is 1.54. The second-order valence-electron chi connectivity index (χ2n) is 8.05. The van der Waals surface area contributed by atoms with Crippen LogP contribution >= 0.6 is 0 Å². The summed E-state index contributed by atoms with van der Waals surface area (Å²) in [6.07, 6.45) is 6.73. The number of aryl methyl sites for hydroxylation is 1. The van der Waals surface area contributed by atoms with E-state index in [0.29, 0.717) is 17.8 Å². The van der Waals surface area contributed by atoms with Crippen molar-refractivity contribution in [1.82, 2.24) is 9.78 Å². The first-order valence-corrected chi connectivity index (χ1v) is 9.34. The third-order valence-corrected chi connectivity index (χ3v) is 5.75. The highest BCUT2D eigenvalue weighted by Crippen LogP contribution is 2.40. The van der Waals surface area contributed by atoms with Crippen LogP contribution in [0.5, 0.6) is 0 Å². The van der Waals surface area contributed by atoms with Gasteiger partial charge < -0.3 is 0 Å². The van der Waals surface area contributed by atoms with Crippen LogP contribution in [0, 0.1) is 5.82 Å². The van der Waals surface area contributed by atoms with E-state index in [0.717, 1.165) is 35.5 Å². The summed E-state index contributed by atoms with van der Waals surface area (Å²) in [7, 11) is 2.00. The fourth-order valence-corrected chi connectivity index (χ4v) is 4.44. The average Bonchev–Trinajstić information content (AvgIpc) is 3.29. The quantitative estimate of drug-likeness (QED) is 0.785. The number of allylic oxidation sites excluding steroid dienone is 4. The third-order valence-electron chi connectivity index (χ3n) is 5.75. The number of hydrogen-bond acceptors (Lipinski definition) is 3. The molecule has 2 aliphatic carbocycles. The van der Waals surface area contributed by atoms with E-state index < -0.39 is 0 Å². The van der Waals surface area contributed by atoms with Crippen molar-refractivity contribution in [1.29, 1.82) is 0 Å². The van der Waals surface area contributed by atoms with Crippen molar-refractivity contribution < 1.29 is 4.39 Å². The molecule has 0 unspecified atom stereocenters. The maximum absolute atomic E-state index is 14.1. The minimum absolute atomic E-state index is 0.132. The third kappa shape index (κ3) is 2.45. The van der Waals surface area contributed by atoms with Crippen LogP contribution in [-0.4, -0.2) is 21.3 Å². The van der Waals surface area contributed by atoms with Crippen LogP contribution in [0.2, 0.25) is 0 Å². The summed E-state index contributed by atoms with van der Waals surface area (Å²) in [6, 6.07) is 6.84. The summed E-state index contributed by atoms with van der Waals surface area (Å²) in [4.78, 5) is 9.51. The van der Waals surface area contributed by atoms with Gasteiger partial charge in [-0.25, -0.2) is 14.4 Å². The van der Waals surface area contributed by atoms with Gasteiger partial charge in [-0.1, -0.05) is 38.1 Å². The summed E-state index contributed by atoms with van der Waals surface area (Å²) in [6.45, 7) is 4.53. The lowest BCUT2D eigenvalue weighted by atomic mass is 9.91. The van der Waals surface area contributed by atoms with Gasteiger partial charge in [0.25, 0.3) is 0 Å². The normalized spacial score (nSPS) is 19.9. The monoisotopic (exact) mass is 360 g/mol. The van der Waals surface area contributed by atoms with Gasteiger partial charge in [0.2, 0.25) is 0 Å². The topological polar surface area (TPSA) is 42.5 Å². The number of rotatable bonds is 2. The predicted octanol–water partition coefficient (Wildman–Crippen LogP) is 4.36. The molecule has 4 nitrogen and oxygen atoms in total. The van der Waals surface area contributed by atoms with Crippen molar-refractivity contribution >= 4 is 17.1 Å². The summed E-state index contributed by atoms with van der Waals surface area (Å²) in [5.41, 5.74) is 6.80. The number of halogens is 1. The lowest BCUT2D eigenvalue weighted by Gasteiger charge is -2.18. The number of amidine groups is 1. The lowest BCUT2D eigenvalue weighted by molar-refractivity contribution is 0.476. The van der Waals surface area contributed by atoms with Crippen LogP contribution in [0.1, 0.15) is 49.2 Å². The smallest absolute Gasteiger partial charge is 0.181 e. The SMILES string of the molecule is Cn1nc(C2=NC3=CC(c4ccccc4F)=CCC3=N2)c2c1C(C)(C)CC2. The molecular weight excluding hydrogens is 339 g/mol. The molecule has 0 saturated carbocycles. The first-order valence-electron chi connectivity index (χ1n) is 9.34. The molecule has 2 aromatic rings. The van der Waals surface area contributed by atoms with Gasteiger partial charge in [0.1, 0.15) is 11.5 Å². The minimum atomic E-state index is -0.215. The highest BCUT2D eigenvalue weighted by atomic mass is 19.1. The van der Waals surface area contributed by atoms with Crippen molar-refractivity contribution in [2.24, 2.45) is 17.0 Å². The summed E-state index contributed by atoms with van der Waals surface area (Å²) in [5, 5.41) is 4.73. The molecule has 0 bridgehead atoms. The van der Waals surface area contributed by atoms with Crippen molar-refractivity contribution in [2.75, 3.05) is 0 Å². The molecule has 0 amide bonds. The largest absolute Gasteiger partial charge is 0.271 e. The van der Waals surface area contributed by atoms with Gasteiger partial charge in [-0.15, -0.1) is 0 Å². The first-order chi connectivity index (χ1) is 12.9. The molecule has 2 heterocycles. The number of benzene rings is 1. The van der Waals surface area contributed by atoms with Crippen LogP contribution in [-0.2, 0) is 18.9 Å². The van der Waals surface area contributed by atoms with Gasteiger partial charge >= 0.3 is 0 Å². The van der Waals surface area contributed by atoms with E-state index in [2.05, 4.69) is 13.8 Å². The van der Waals surface area contributed by atoms with E-state index in [1.165, 1.54) is 17.3 Å². The Labute approximate surface area is 157 Å². The lowest BCUT2D eigenvalue weighted by Crippen LogP contribution is -2.17. The van der Waals surface area contributed by atoms with Gasteiger partial charge in [-0.2, -0.15) is 5.10 Å². The molecule has 0 fully saturated rings. The van der Waals surface area contributed by atoms with Crippen LogP contribution < -0.4 is 0 Å². The molecule has 0 atom stereocenters. The van der Waals surface area contributed by atoms with Gasteiger partial charge in [0, 0.05) is 35.7 Å². The second-order valence-corrected chi connectivity index (χ2v) is 8.05. The van der Waals surface area contributed by atoms with Crippen molar-refractivity contribution in [3.05, 3.63) is 70.4 Å². The first kappa shape index (κ1) is 16.4. The Bertz CT molecular complexity index is 1100. The zero-order valence-corrected chi connectivity index (χ0v) is 15.8. The van der Waals surface area contributed by atoms with Gasteiger partial charge in [-0.05, 0) is 30.6 Å². The average molecular weight is 360 g/mol. The molecule has 0 N–H and O–H groups in total. The Morgan fingerprint density at radius 2 is 1.96 bits per heavy atom. The zero-order chi connectivity index (χ0) is 18.8. The fourth-order valence-electron chi connectivity index (χ4n) is 4.44. The van der Waals surface area contributed by atoms with Gasteiger partial charge in [-0.3, -0.25) is 4.68 Å². The van der Waals surface area contributed by atoms with Gasteiger partial charge in [0.15, 0.2) is 5.84 Å². The Hall–Kier alpha value is -2.82. The summed E-state index contributed by atoms with van der Waals surface area (Å²) in [5.74, 6) is 0.474. The summed E-state index contributed by atoms with van der Waals surface area (Å²) < 4.78 is 16.1. The molecule has 3 aliphatic rings. The van der Waals surface area contributed by atoms with Gasteiger partial charge in [0.05, 0.1) is 11.4 Å². The second kappa shape index (κ2) is 5.59. The molecule has 1 aromatic heterocycles. The fraction of sp³-hybridized carbons (Fsp3) is 0.318. The molecular formula is C22H21FN4. The molecule has 0 saturated heterocycles. The van der Waals surface area contributed by atoms with E-state index in [-0.39, 0.29) is 11.2 Å². The van der Waals surface area contributed by atoms with Crippen LogP contribution in [0.4, 0.5) is 4.39 Å². The van der Waals surface area contributed by atoms with E-state index in [9.17, 15) is 4.39 Å². The number of aliphatic imine (C=N–C) groups is 2. The number of hydrogen-bond donors (Lipinski definition) is 0. The molecule has 5 heteroatoms. The molecule has 27 heavy (non-hydrogen) atoms. The standard InChI is InChI=1S/C22H21FN4/c1-22(2)11-10-15-19(26-27(3)20(15)22)21-24-17-9-8-13(12-18(17)25-21)14-6-4-5-7-16(14)23/h4-8,12H,9-11H2,1-3H3. The predicted molar refractivity (Wildman–Crippen MR) is 106 cm³/mol. The zero-order valence-electron chi connectivity index (χ0n) is 15.8. The highest BCUT2D eigenvalue weighted by Gasteiger charge is 2.37. The van der Waals surface area contributed by atoms with Crippen LogP contribution in [0.3, 0.4) is 0 Å². The van der Waals surface area contributed by atoms with E-state index in [1.807, 2.05) is 29.9 Å². The molecule has 0 spiro atoms. The summed E-state index contributed by atoms with van der Waals surface area (Å²) >= 11 is 0. The Kier molecular flexibility index (Phi) is 3.39. The molecule has 1 aromatic carbocycles. The van der Waals surface area contributed by atoms with Crippen molar-refractivity contribution in [3.63, 3.8) is 0 Å². The number of aromatic nitrogens is 2. The molecule has 0 radical (unpaired) electrons. The van der Waals surface area contributed by atoms with E-state index in [4.69, 9.17) is 15.1 Å². The Morgan fingerprint density at radius 3 is 2.78 bits per heavy atom. The Morgan fingerprint density at radius 1 is 1.15 bits per heavy atom. The molecule has 5 rings (SSSR count). The highest BCUT2D eigenvalue weighted by molar-refractivity contribution is 6.20. The van der Waals surface area contributed by atoms with E-state index >= 15 is 0 Å². The molecule has 136 valence electrons. The minimum Gasteiger partial charge on any atom is -0.271 e. The maximum atomic E-state index is 14.1. The molecule has 1 aliphatic heterocycles. The van der Waals surface area contributed by atoms with Crippen LogP contribution in [0.25, 0.3) is 5.57 Å².